The summed E-state index contributed by atoms with van der Waals surface area (Å²) >= 11 is 0. The Balaban J connectivity index is 1.24. The Kier molecular flexibility index (Phi) is 5.65. The first-order valence-corrected chi connectivity index (χ1v) is 11.0. The fourth-order valence-corrected chi connectivity index (χ4v) is 4.69. The summed E-state index contributed by atoms with van der Waals surface area (Å²) in [4.78, 5) is 24.3. The summed E-state index contributed by atoms with van der Waals surface area (Å²) in [6.07, 6.45) is 9.51. The number of rotatable bonds is 4. The van der Waals surface area contributed by atoms with Crippen LogP contribution in [0.15, 0.2) is 36.8 Å². The van der Waals surface area contributed by atoms with Gasteiger partial charge in [0.2, 0.25) is 11.9 Å². The van der Waals surface area contributed by atoms with E-state index in [2.05, 4.69) is 25.3 Å². The number of hydrogen-bond donors (Lipinski definition) is 1. The number of nitrogens with zero attached hydrogens (tertiary/aromatic N) is 5. The molecular formula is C23H28N6O2. The fourth-order valence-electron chi connectivity index (χ4n) is 4.69. The van der Waals surface area contributed by atoms with Crippen molar-refractivity contribution in [3.05, 3.63) is 36.8 Å². The van der Waals surface area contributed by atoms with E-state index in [9.17, 15) is 4.79 Å². The third kappa shape index (κ3) is 4.45. The smallest absolute Gasteiger partial charge is 0.229 e. The molecule has 1 N–H and O–H groups in total. The maximum atomic E-state index is 12.8. The molecule has 8 nitrogen and oxygen atoms in total. The van der Waals surface area contributed by atoms with Crippen LogP contribution < -0.4 is 5.32 Å². The lowest BCUT2D eigenvalue weighted by Gasteiger charge is -2.38. The van der Waals surface area contributed by atoms with Gasteiger partial charge < -0.3 is 4.74 Å². The monoisotopic (exact) mass is 420 g/mol. The minimum atomic E-state index is 0.0262. The quantitative estimate of drug-likeness (QED) is 0.699. The van der Waals surface area contributed by atoms with E-state index in [-0.39, 0.29) is 11.8 Å². The molecule has 2 fully saturated rings. The molecule has 1 saturated heterocycles. The van der Waals surface area contributed by atoms with Crippen molar-refractivity contribution >= 4 is 22.8 Å². The van der Waals surface area contributed by atoms with Gasteiger partial charge in [0.15, 0.2) is 0 Å². The van der Waals surface area contributed by atoms with Crippen molar-refractivity contribution in [2.45, 2.75) is 31.7 Å². The first-order chi connectivity index (χ1) is 15.2. The number of fused-ring (bicyclic) bond motifs is 1. The molecule has 1 aliphatic carbocycles. The molecule has 1 saturated carbocycles. The van der Waals surface area contributed by atoms with Crippen LogP contribution >= 0.6 is 0 Å². The minimum absolute atomic E-state index is 0.0262. The molecule has 0 bridgehead atoms. The standard InChI is InChI=1S/C23H28N6O2/c1-28-15-19(14-25-28)17-2-3-18-13-24-23(26-21(18)12-17)27-22(30)16-4-6-20(7-5-16)29-8-10-31-11-9-29/h2-3,12-16,20H,4-11H2,1H3,(H,24,26,27,30). The zero-order valence-corrected chi connectivity index (χ0v) is 17.8. The number of morpholine rings is 1. The lowest BCUT2D eigenvalue weighted by atomic mass is 9.84. The van der Waals surface area contributed by atoms with Crippen molar-refractivity contribution in [2.24, 2.45) is 13.0 Å². The summed E-state index contributed by atoms with van der Waals surface area (Å²) in [5, 5.41) is 8.13. The largest absolute Gasteiger partial charge is 0.379 e. The molecule has 0 atom stereocenters. The Hall–Kier alpha value is -2.84. The van der Waals surface area contributed by atoms with Gasteiger partial charge in [-0.3, -0.25) is 19.7 Å². The molecule has 0 radical (unpaired) electrons. The highest BCUT2D eigenvalue weighted by atomic mass is 16.5. The molecule has 5 rings (SSSR count). The van der Waals surface area contributed by atoms with Crippen LogP contribution in [-0.4, -0.2) is 62.9 Å². The second-order valence-electron chi connectivity index (χ2n) is 8.51. The minimum Gasteiger partial charge on any atom is -0.379 e. The zero-order chi connectivity index (χ0) is 21.2. The number of amides is 1. The number of aromatic nitrogens is 4. The SMILES string of the molecule is Cn1cc(-c2ccc3cnc(NC(=O)C4CCC(N5CCOCC5)CC4)nc3c2)cn1. The van der Waals surface area contributed by atoms with Crippen LogP contribution in [0.1, 0.15) is 25.7 Å². The summed E-state index contributed by atoms with van der Waals surface area (Å²) in [5.41, 5.74) is 2.88. The van der Waals surface area contributed by atoms with Crippen LogP contribution in [0.3, 0.4) is 0 Å². The van der Waals surface area contributed by atoms with E-state index in [1.54, 1.807) is 10.9 Å². The van der Waals surface area contributed by atoms with Gasteiger partial charge in [0, 0.05) is 55.4 Å². The number of nitrogens with one attached hydrogen (secondary N) is 1. The van der Waals surface area contributed by atoms with Crippen molar-refractivity contribution in [1.82, 2.24) is 24.6 Å². The summed E-state index contributed by atoms with van der Waals surface area (Å²) in [5.74, 6) is 0.428. The lowest BCUT2D eigenvalue weighted by Crippen LogP contribution is -2.45. The van der Waals surface area contributed by atoms with Crippen molar-refractivity contribution in [2.75, 3.05) is 31.6 Å². The molecule has 1 aromatic carbocycles. The van der Waals surface area contributed by atoms with E-state index >= 15 is 0 Å². The van der Waals surface area contributed by atoms with Gasteiger partial charge in [0.1, 0.15) is 0 Å². The van der Waals surface area contributed by atoms with Crippen LogP contribution in [0.5, 0.6) is 0 Å². The van der Waals surface area contributed by atoms with Crippen molar-refractivity contribution < 1.29 is 9.53 Å². The van der Waals surface area contributed by atoms with E-state index in [0.717, 1.165) is 74.0 Å². The molecule has 31 heavy (non-hydrogen) atoms. The van der Waals surface area contributed by atoms with E-state index in [1.165, 1.54) is 0 Å². The first-order valence-electron chi connectivity index (χ1n) is 11.0. The van der Waals surface area contributed by atoms with Gasteiger partial charge >= 0.3 is 0 Å². The number of benzene rings is 1. The molecule has 2 aliphatic rings. The third-order valence-corrected chi connectivity index (χ3v) is 6.49. The number of carbonyl (C=O) groups is 1. The third-order valence-electron chi connectivity index (χ3n) is 6.49. The maximum absolute atomic E-state index is 12.8. The molecule has 3 aromatic rings. The van der Waals surface area contributed by atoms with Gasteiger partial charge in [0.05, 0.1) is 24.9 Å². The summed E-state index contributed by atoms with van der Waals surface area (Å²) < 4.78 is 7.23. The van der Waals surface area contributed by atoms with Gasteiger partial charge in [-0.25, -0.2) is 9.97 Å². The molecular weight excluding hydrogens is 392 g/mol. The van der Waals surface area contributed by atoms with E-state index < -0.39 is 0 Å². The van der Waals surface area contributed by atoms with E-state index in [4.69, 9.17) is 4.74 Å². The molecule has 1 aliphatic heterocycles. The molecule has 2 aromatic heterocycles. The number of carbonyl (C=O) groups excluding carboxylic acids is 1. The Morgan fingerprint density at radius 1 is 1.10 bits per heavy atom. The maximum Gasteiger partial charge on any atom is 0.229 e. The number of hydrogen-bond acceptors (Lipinski definition) is 6. The van der Waals surface area contributed by atoms with Crippen LogP contribution in [-0.2, 0) is 16.6 Å². The zero-order valence-electron chi connectivity index (χ0n) is 17.8. The van der Waals surface area contributed by atoms with Crippen molar-refractivity contribution in [3.8, 4) is 11.1 Å². The van der Waals surface area contributed by atoms with Gasteiger partial charge in [-0.15, -0.1) is 0 Å². The van der Waals surface area contributed by atoms with Crippen molar-refractivity contribution in [1.29, 1.82) is 0 Å². The number of ether oxygens (including phenoxy) is 1. The predicted octanol–water partition coefficient (Wildman–Crippen LogP) is 2.86. The summed E-state index contributed by atoms with van der Waals surface area (Å²) in [6.45, 7) is 3.66. The van der Waals surface area contributed by atoms with Crippen LogP contribution in [0.2, 0.25) is 0 Å². The Morgan fingerprint density at radius 2 is 1.90 bits per heavy atom. The highest BCUT2D eigenvalue weighted by Crippen LogP contribution is 2.29. The van der Waals surface area contributed by atoms with Gasteiger partial charge in [-0.05, 0) is 37.3 Å². The topological polar surface area (TPSA) is 85.2 Å². The Bertz CT molecular complexity index is 1070. The molecule has 0 spiro atoms. The van der Waals surface area contributed by atoms with Gasteiger partial charge in [0.25, 0.3) is 0 Å². The Morgan fingerprint density at radius 3 is 2.65 bits per heavy atom. The van der Waals surface area contributed by atoms with Gasteiger partial charge in [-0.1, -0.05) is 12.1 Å². The number of aryl methyl sites for hydroxylation is 1. The second kappa shape index (κ2) is 8.72. The average molecular weight is 421 g/mol. The fraction of sp³-hybridized carbons (Fsp3) is 0.478. The highest BCUT2D eigenvalue weighted by Gasteiger charge is 2.30. The van der Waals surface area contributed by atoms with Crippen LogP contribution in [0.25, 0.3) is 22.0 Å². The lowest BCUT2D eigenvalue weighted by molar-refractivity contribution is -0.121. The van der Waals surface area contributed by atoms with Gasteiger partial charge in [-0.2, -0.15) is 5.10 Å². The second-order valence-corrected chi connectivity index (χ2v) is 8.51. The average Bonchev–Trinajstić information content (AvgIpc) is 3.25. The highest BCUT2D eigenvalue weighted by molar-refractivity contribution is 5.92. The summed E-state index contributed by atoms with van der Waals surface area (Å²) in [6, 6.07) is 6.62. The molecule has 1 amide bonds. The van der Waals surface area contributed by atoms with Crippen LogP contribution in [0.4, 0.5) is 5.95 Å². The molecule has 0 unspecified atom stereocenters. The molecule has 3 heterocycles. The van der Waals surface area contributed by atoms with Crippen LogP contribution in [0, 0.1) is 5.92 Å². The predicted molar refractivity (Wildman–Crippen MR) is 119 cm³/mol. The van der Waals surface area contributed by atoms with E-state index in [1.807, 2.05) is 37.6 Å². The summed E-state index contributed by atoms with van der Waals surface area (Å²) in [7, 11) is 1.90. The van der Waals surface area contributed by atoms with E-state index in [0.29, 0.717) is 12.0 Å². The first kappa shape index (κ1) is 20.1. The Labute approximate surface area is 181 Å². The normalized spacial score (nSPS) is 22.5. The van der Waals surface area contributed by atoms with Crippen molar-refractivity contribution in [3.63, 3.8) is 0 Å². The molecule has 162 valence electrons. The molecule has 8 heteroatoms. The number of anilines is 1.